The van der Waals surface area contributed by atoms with Gasteiger partial charge in [-0.2, -0.15) is 0 Å². The molecule has 3 heterocycles. The van der Waals surface area contributed by atoms with Crippen molar-refractivity contribution in [1.29, 1.82) is 0 Å². The molecular weight excluding hydrogens is 308 g/mol. The number of amides is 1. The first-order valence-corrected chi connectivity index (χ1v) is 8.07. The largest absolute Gasteiger partial charge is 0.375 e. The summed E-state index contributed by atoms with van der Waals surface area (Å²) in [5, 5.41) is 3.59. The maximum atomic E-state index is 12.3. The molecule has 0 radical (unpaired) electrons. The van der Waals surface area contributed by atoms with Crippen LogP contribution in [-0.4, -0.2) is 60.8 Å². The predicted molar refractivity (Wildman–Crippen MR) is 89.0 cm³/mol. The second kappa shape index (κ2) is 7.44. The van der Waals surface area contributed by atoms with Crippen molar-refractivity contribution in [3.63, 3.8) is 0 Å². The fraction of sp³-hybridized carbons (Fsp3) is 0.471. The summed E-state index contributed by atoms with van der Waals surface area (Å²) in [6, 6.07) is 5.69. The van der Waals surface area contributed by atoms with E-state index in [0.717, 1.165) is 18.7 Å². The molecule has 0 bridgehead atoms. The van der Waals surface area contributed by atoms with Crippen molar-refractivity contribution in [3.05, 3.63) is 41.9 Å². The Kier molecular flexibility index (Phi) is 5.10. The lowest BCUT2D eigenvalue weighted by Gasteiger charge is -2.32. The van der Waals surface area contributed by atoms with Crippen molar-refractivity contribution < 1.29 is 14.1 Å². The zero-order chi connectivity index (χ0) is 16.9. The van der Waals surface area contributed by atoms with E-state index in [4.69, 9.17) is 9.26 Å². The SMILES string of the molecule is CN(C)c1cc(CC[C@@H]2CN(C(=O)c3ccno3)CCO2)ccn1. The van der Waals surface area contributed by atoms with Crippen LogP contribution in [-0.2, 0) is 11.2 Å². The zero-order valence-electron chi connectivity index (χ0n) is 14.0. The monoisotopic (exact) mass is 330 g/mol. The second-order valence-electron chi connectivity index (χ2n) is 6.08. The molecule has 1 aliphatic rings. The van der Waals surface area contributed by atoms with E-state index in [9.17, 15) is 4.79 Å². The Hall–Kier alpha value is -2.41. The molecule has 1 saturated heterocycles. The molecule has 1 atom stereocenters. The highest BCUT2D eigenvalue weighted by Gasteiger charge is 2.26. The number of pyridine rings is 1. The molecule has 128 valence electrons. The fourth-order valence-electron chi connectivity index (χ4n) is 2.75. The molecule has 2 aromatic rings. The van der Waals surface area contributed by atoms with E-state index in [1.165, 1.54) is 11.8 Å². The molecule has 0 aliphatic carbocycles. The van der Waals surface area contributed by atoms with Crippen LogP contribution in [0.25, 0.3) is 0 Å². The van der Waals surface area contributed by atoms with Gasteiger partial charge in [-0.1, -0.05) is 5.16 Å². The highest BCUT2D eigenvalue weighted by Crippen LogP contribution is 2.16. The van der Waals surface area contributed by atoms with Gasteiger partial charge in [-0.15, -0.1) is 0 Å². The third-order valence-corrected chi connectivity index (χ3v) is 4.10. The number of hydrogen-bond donors (Lipinski definition) is 0. The van der Waals surface area contributed by atoms with Crippen molar-refractivity contribution in [2.24, 2.45) is 0 Å². The second-order valence-corrected chi connectivity index (χ2v) is 6.08. The first-order chi connectivity index (χ1) is 11.6. The first kappa shape index (κ1) is 16.4. The van der Waals surface area contributed by atoms with Gasteiger partial charge in [0.1, 0.15) is 5.82 Å². The number of rotatable bonds is 5. The molecule has 1 amide bonds. The van der Waals surface area contributed by atoms with Crippen LogP contribution in [0.4, 0.5) is 5.82 Å². The van der Waals surface area contributed by atoms with Crippen molar-refractivity contribution in [2.75, 3.05) is 38.7 Å². The Morgan fingerprint density at radius 1 is 1.38 bits per heavy atom. The number of anilines is 1. The summed E-state index contributed by atoms with van der Waals surface area (Å²) >= 11 is 0. The lowest BCUT2D eigenvalue weighted by molar-refractivity contribution is -0.0257. The molecule has 0 aromatic carbocycles. The van der Waals surface area contributed by atoms with Gasteiger partial charge in [0, 0.05) is 39.4 Å². The minimum Gasteiger partial charge on any atom is -0.375 e. The normalized spacial score (nSPS) is 17.8. The molecule has 1 aliphatic heterocycles. The average Bonchev–Trinajstić information content (AvgIpc) is 3.14. The third kappa shape index (κ3) is 3.91. The van der Waals surface area contributed by atoms with E-state index in [1.807, 2.05) is 31.3 Å². The van der Waals surface area contributed by atoms with E-state index in [1.54, 1.807) is 11.0 Å². The third-order valence-electron chi connectivity index (χ3n) is 4.10. The van der Waals surface area contributed by atoms with Crippen molar-refractivity contribution in [2.45, 2.75) is 18.9 Å². The van der Waals surface area contributed by atoms with Crippen molar-refractivity contribution in [1.82, 2.24) is 15.0 Å². The van der Waals surface area contributed by atoms with Crippen LogP contribution in [0.2, 0.25) is 0 Å². The van der Waals surface area contributed by atoms with Crippen LogP contribution in [0.3, 0.4) is 0 Å². The van der Waals surface area contributed by atoms with Gasteiger partial charge >= 0.3 is 0 Å². The van der Waals surface area contributed by atoms with Gasteiger partial charge < -0.3 is 19.1 Å². The number of ether oxygens (including phenoxy) is 1. The molecule has 7 nitrogen and oxygen atoms in total. The number of aromatic nitrogens is 2. The minimum atomic E-state index is -0.125. The fourth-order valence-corrected chi connectivity index (χ4v) is 2.75. The highest BCUT2D eigenvalue weighted by atomic mass is 16.5. The molecule has 0 unspecified atom stereocenters. The summed E-state index contributed by atoms with van der Waals surface area (Å²) in [7, 11) is 3.95. The Bertz CT molecular complexity index is 672. The van der Waals surface area contributed by atoms with E-state index < -0.39 is 0 Å². The van der Waals surface area contributed by atoms with Crippen molar-refractivity contribution >= 4 is 11.7 Å². The van der Waals surface area contributed by atoms with E-state index >= 15 is 0 Å². The maximum absolute atomic E-state index is 12.3. The van der Waals surface area contributed by atoms with Crippen molar-refractivity contribution in [3.8, 4) is 0 Å². The molecule has 0 spiro atoms. The van der Waals surface area contributed by atoms with Crippen LogP contribution < -0.4 is 4.90 Å². The predicted octanol–water partition coefficient (Wildman–Crippen LogP) is 1.61. The Morgan fingerprint density at radius 3 is 3.00 bits per heavy atom. The molecule has 1 fully saturated rings. The van der Waals surface area contributed by atoms with Gasteiger partial charge in [0.2, 0.25) is 5.76 Å². The quantitative estimate of drug-likeness (QED) is 0.829. The molecule has 24 heavy (non-hydrogen) atoms. The lowest BCUT2D eigenvalue weighted by Crippen LogP contribution is -2.45. The number of carbonyl (C=O) groups is 1. The van der Waals surface area contributed by atoms with E-state index in [0.29, 0.717) is 19.7 Å². The highest BCUT2D eigenvalue weighted by molar-refractivity contribution is 5.91. The van der Waals surface area contributed by atoms with Gasteiger partial charge in [0.25, 0.3) is 5.91 Å². The van der Waals surface area contributed by atoms with Gasteiger partial charge in [0.05, 0.1) is 18.9 Å². The van der Waals surface area contributed by atoms with Crippen LogP contribution in [0.1, 0.15) is 22.5 Å². The summed E-state index contributed by atoms with van der Waals surface area (Å²) in [4.78, 5) is 20.4. The van der Waals surface area contributed by atoms with Crippen LogP contribution >= 0.6 is 0 Å². The first-order valence-electron chi connectivity index (χ1n) is 8.07. The average molecular weight is 330 g/mol. The Balaban J connectivity index is 1.56. The molecular formula is C17H22N4O3. The number of nitrogens with zero attached hydrogens (tertiary/aromatic N) is 4. The zero-order valence-corrected chi connectivity index (χ0v) is 14.0. The minimum absolute atomic E-state index is 0.0293. The van der Waals surface area contributed by atoms with E-state index in [2.05, 4.69) is 16.2 Å². The summed E-state index contributed by atoms with van der Waals surface area (Å²) < 4.78 is 10.8. The Morgan fingerprint density at radius 2 is 2.25 bits per heavy atom. The van der Waals surface area contributed by atoms with Crippen LogP contribution in [0, 0.1) is 0 Å². The van der Waals surface area contributed by atoms with Gasteiger partial charge in [-0.3, -0.25) is 4.79 Å². The van der Waals surface area contributed by atoms with Gasteiger partial charge in [-0.25, -0.2) is 4.98 Å². The van der Waals surface area contributed by atoms with Gasteiger partial charge in [-0.05, 0) is 30.5 Å². The molecule has 7 heteroatoms. The van der Waals surface area contributed by atoms with Crippen LogP contribution in [0.5, 0.6) is 0 Å². The summed E-state index contributed by atoms with van der Waals surface area (Å²) in [5.74, 6) is 1.10. The number of morpholine rings is 1. The molecule has 0 N–H and O–H groups in total. The maximum Gasteiger partial charge on any atom is 0.292 e. The number of aryl methyl sites for hydroxylation is 1. The standard InChI is InChI=1S/C17H22N4O3/c1-20(2)16-11-13(5-7-18-16)3-4-14-12-21(9-10-23-14)17(22)15-6-8-19-24-15/h5-8,11,14H,3-4,9-10,12H2,1-2H3/t14-/m1/s1. The summed E-state index contributed by atoms with van der Waals surface area (Å²) in [6.07, 6.45) is 5.08. The number of carbonyl (C=O) groups excluding carboxylic acids is 1. The topological polar surface area (TPSA) is 71.7 Å². The summed E-state index contributed by atoms with van der Waals surface area (Å²) in [5.41, 5.74) is 1.22. The smallest absolute Gasteiger partial charge is 0.292 e. The summed E-state index contributed by atoms with van der Waals surface area (Å²) in [6.45, 7) is 1.70. The van der Waals surface area contributed by atoms with Gasteiger partial charge in [0.15, 0.2) is 0 Å². The molecule has 0 saturated carbocycles. The van der Waals surface area contributed by atoms with Crippen LogP contribution in [0.15, 0.2) is 35.1 Å². The number of hydrogen-bond acceptors (Lipinski definition) is 6. The Labute approximate surface area is 141 Å². The van der Waals surface area contributed by atoms with E-state index in [-0.39, 0.29) is 17.8 Å². The molecule has 2 aromatic heterocycles. The lowest BCUT2D eigenvalue weighted by atomic mass is 10.1. The molecule has 3 rings (SSSR count).